The van der Waals surface area contributed by atoms with Crippen LogP contribution in [0.15, 0.2) is 65.7 Å². The van der Waals surface area contributed by atoms with Crippen molar-refractivity contribution in [1.82, 2.24) is 0 Å². The Morgan fingerprint density at radius 3 is 2.47 bits per heavy atom. The number of unbranched alkanes of at least 4 members (excludes halogenated alkanes) is 3. The second kappa shape index (κ2) is 12.2. The molecule has 0 unspecified atom stereocenters. The zero-order valence-electron chi connectivity index (χ0n) is 17.1. The predicted molar refractivity (Wildman–Crippen MR) is 117 cm³/mol. The fourth-order valence-electron chi connectivity index (χ4n) is 2.53. The van der Waals surface area contributed by atoms with Crippen molar-refractivity contribution in [3.63, 3.8) is 0 Å². The highest BCUT2D eigenvalue weighted by Gasteiger charge is 2.04. The number of nitrogens with zero attached hydrogens (tertiary/aromatic N) is 2. The molecule has 0 N–H and O–H groups in total. The van der Waals surface area contributed by atoms with E-state index in [4.69, 9.17) is 9.47 Å². The summed E-state index contributed by atoms with van der Waals surface area (Å²) in [6, 6.07) is 13.7. The first-order chi connectivity index (χ1) is 14.5. The van der Waals surface area contributed by atoms with Crippen LogP contribution in [0, 0.1) is 10.1 Å². The molecule has 0 radical (unpaired) electrons. The van der Waals surface area contributed by atoms with Gasteiger partial charge in [-0.3, -0.25) is 15.1 Å². The number of benzene rings is 2. The summed E-state index contributed by atoms with van der Waals surface area (Å²) in [6.45, 7) is 6.21. The Balaban J connectivity index is 1.66. The molecular formula is C23H26N2O5. The first kappa shape index (κ1) is 22.8. The molecule has 0 amide bonds. The normalized spacial score (nSPS) is 10.7. The lowest BCUT2D eigenvalue weighted by molar-refractivity contribution is -0.384. The van der Waals surface area contributed by atoms with E-state index >= 15 is 0 Å². The molecule has 158 valence electrons. The van der Waals surface area contributed by atoms with Gasteiger partial charge >= 0.3 is 5.97 Å². The van der Waals surface area contributed by atoms with Gasteiger partial charge in [-0.1, -0.05) is 18.7 Å². The highest BCUT2D eigenvalue weighted by Crippen LogP contribution is 2.19. The van der Waals surface area contributed by atoms with Crippen LogP contribution in [0.5, 0.6) is 5.75 Å². The zero-order valence-corrected chi connectivity index (χ0v) is 17.1. The average Bonchev–Trinajstić information content (AvgIpc) is 2.74. The Kier molecular flexibility index (Phi) is 9.24. The third-order valence-corrected chi connectivity index (χ3v) is 4.17. The molecule has 0 aliphatic rings. The van der Waals surface area contributed by atoms with Gasteiger partial charge in [0.25, 0.3) is 5.69 Å². The van der Waals surface area contributed by atoms with Crippen molar-refractivity contribution in [2.45, 2.75) is 32.6 Å². The zero-order chi connectivity index (χ0) is 21.8. The van der Waals surface area contributed by atoms with Crippen molar-refractivity contribution in [2.75, 3.05) is 13.2 Å². The molecular weight excluding hydrogens is 384 g/mol. The first-order valence-electron chi connectivity index (χ1n) is 9.80. The van der Waals surface area contributed by atoms with E-state index in [1.165, 1.54) is 12.1 Å². The summed E-state index contributed by atoms with van der Waals surface area (Å²) in [4.78, 5) is 26.0. The fraction of sp³-hybridized carbons (Fsp3) is 0.304. The summed E-state index contributed by atoms with van der Waals surface area (Å²) < 4.78 is 10.8. The lowest BCUT2D eigenvalue weighted by Crippen LogP contribution is -2.06. The highest BCUT2D eigenvalue weighted by atomic mass is 16.6. The van der Waals surface area contributed by atoms with Crippen LogP contribution in [0.3, 0.4) is 0 Å². The van der Waals surface area contributed by atoms with Gasteiger partial charge in [0.15, 0.2) is 0 Å². The fourth-order valence-corrected chi connectivity index (χ4v) is 2.53. The van der Waals surface area contributed by atoms with Crippen molar-refractivity contribution in [3.8, 4) is 5.75 Å². The summed E-state index contributed by atoms with van der Waals surface area (Å²) in [5, 5.41) is 10.8. The molecule has 0 saturated carbocycles. The number of non-ortho nitro benzene ring substituents is 1. The molecule has 0 aromatic heterocycles. The third-order valence-electron chi connectivity index (χ3n) is 4.17. The summed E-state index contributed by atoms with van der Waals surface area (Å²) in [6.07, 6.45) is 5.31. The molecule has 7 nitrogen and oxygen atoms in total. The lowest BCUT2D eigenvalue weighted by atomic mass is 10.2. The van der Waals surface area contributed by atoms with E-state index in [0.29, 0.717) is 24.4 Å². The van der Waals surface area contributed by atoms with E-state index in [0.717, 1.165) is 37.1 Å². The van der Waals surface area contributed by atoms with Crippen LogP contribution < -0.4 is 4.74 Å². The Morgan fingerprint density at radius 2 is 1.80 bits per heavy atom. The molecule has 0 bridgehead atoms. The minimum atomic E-state index is -0.429. The molecule has 2 aromatic rings. The predicted octanol–water partition coefficient (Wildman–Crippen LogP) is 5.40. The smallest absolute Gasteiger partial charge is 0.333 e. The minimum Gasteiger partial charge on any atom is -0.494 e. The van der Waals surface area contributed by atoms with Crippen molar-refractivity contribution in [1.29, 1.82) is 0 Å². The van der Waals surface area contributed by atoms with E-state index < -0.39 is 4.92 Å². The monoisotopic (exact) mass is 410 g/mol. The maximum Gasteiger partial charge on any atom is 0.333 e. The van der Waals surface area contributed by atoms with Crippen molar-refractivity contribution >= 4 is 23.6 Å². The molecule has 7 heteroatoms. The molecule has 2 rings (SSSR count). The van der Waals surface area contributed by atoms with Gasteiger partial charge in [0.05, 0.1) is 23.8 Å². The number of hydrogen-bond acceptors (Lipinski definition) is 6. The van der Waals surface area contributed by atoms with Gasteiger partial charge in [-0.2, -0.15) is 0 Å². The van der Waals surface area contributed by atoms with E-state index in [2.05, 4.69) is 11.6 Å². The molecule has 0 heterocycles. The number of rotatable bonds is 12. The van der Waals surface area contributed by atoms with Crippen LogP contribution in [0.1, 0.15) is 38.2 Å². The summed E-state index contributed by atoms with van der Waals surface area (Å²) in [7, 11) is 0. The van der Waals surface area contributed by atoms with Gasteiger partial charge in [0, 0.05) is 23.9 Å². The van der Waals surface area contributed by atoms with Crippen molar-refractivity contribution in [3.05, 3.63) is 76.4 Å². The Hall–Kier alpha value is -3.48. The Labute approximate surface area is 176 Å². The maximum atomic E-state index is 11.2. The van der Waals surface area contributed by atoms with E-state index in [-0.39, 0.29) is 11.7 Å². The van der Waals surface area contributed by atoms with Crippen LogP contribution in [0.2, 0.25) is 0 Å². The van der Waals surface area contributed by atoms with E-state index in [1.807, 2.05) is 24.3 Å². The van der Waals surface area contributed by atoms with Crippen LogP contribution >= 0.6 is 0 Å². The SMILES string of the molecule is C=C(C)C(=O)OCCCCCCOc1ccc(N=Cc2cccc([N+](=O)[O-])c2)cc1. The Morgan fingerprint density at radius 1 is 1.10 bits per heavy atom. The van der Waals surface area contributed by atoms with Gasteiger partial charge in [0.1, 0.15) is 5.75 Å². The largest absolute Gasteiger partial charge is 0.494 e. The van der Waals surface area contributed by atoms with Crippen LogP contribution in [0.25, 0.3) is 0 Å². The lowest BCUT2D eigenvalue weighted by Gasteiger charge is -2.07. The number of hydrogen-bond donors (Lipinski definition) is 0. The van der Waals surface area contributed by atoms with E-state index in [9.17, 15) is 14.9 Å². The highest BCUT2D eigenvalue weighted by molar-refractivity contribution is 5.86. The number of aliphatic imine (C=N–C) groups is 1. The topological polar surface area (TPSA) is 91.0 Å². The van der Waals surface area contributed by atoms with Crippen LogP contribution in [0.4, 0.5) is 11.4 Å². The molecule has 0 aliphatic carbocycles. The van der Waals surface area contributed by atoms with Crippen LogP contribution in [-0.4, -0.2) is 30.3 Å². The minimum absolute atomic E-state index is 0.0376. The van der Waals surface area contributed by atoms with Gasteiger partial charge in [-0.05, 0) is 62.4 Å². The average molecular weight is 410 g/mol. The second-order valence-electron chi connectivity index (χ2n) is 6.78. The molecule has 0 aliphatic heterocycles. The third kappa shape index (κ3) is 8.26. The summed E-state index contributed by atoms with van der Waals surface area (Å²) in [5.41, 5.74) is 1.86. The summed E-state index contributed by atoms with van der Waals surface area (Å²) >= 11 is 0. The van der Waals surface area contributed by atoms with Gasteiger partial charge < -0.3 is 9.47 Å². The van der Waals surface area contributed by atoms with Crippen LogP contribution in [-0.2, 0) is 9.53 Å². The summed E-state index contributed by atoms with van der Waals surface area (Å²) in [5.74, 6) is 0.427. The standard InChI is InChI=1S/C23H26N2O5/c1-18(2)23(26)30-15-6-4-3-5-14-29-22-12-10-20(11-13-22)24-17-19-8-7-9-21(16-19)25(27)28/h7-13,16-17H,1,3-6,14-15H2,2H3. The second-order valence-corrected chi connectivity index (χ2v) is 6.78. The molecule has 0 fully saturated rings. The molecule has 30 heavy (non-hydrogen) atoms. The number of carbonyl (C=O) groups excluding carboxylic acids is 1. The van der Waals surface area contributed by atoms with Gasteiger partial charge in [-0.15, -0.1) is 0 Å². The van der Waals surface area contributed by atoms with Crippen molar-refractivity contribution < 1.29 is 19.2 Å². The molecule has 0 saturated heterocycles. The number of nitro groups is 1. The number of esters is 1. The Bertz CT molecular complexity index is 891. The maximum absolute atomic E-state index is 11.2. The number of carbonyl (C=O) groups is 1. The first-order valence-corrected chi connectivity index (χ1v) is 9.80. The van der Waals surface area contributed by atoms with Gasteiger partial charge in [-0.25, -0.2) is 4.79 Å². The number of ether oxygens (including phenoxy) is 2. The van der Waals surface area contributed by atoms with Gasteiger partial charge in [0.2, 0.25) is 0 Å². The van der Waals surface area contributed by atoms with E-state index in [1.54, 1.807) is 25.3 Å². The quantitative estimate of drug-likeness (QED) is 0.117. The van der Waals surface area contributed by atoms with Crippen molar-refractivity contribution in [2.24, 2.45) is 4.99 Å². The molecule has 0 atom stereocenters. The number of nitro benzene ring substituents is 1. The molecule has 0 spiro atoms. The molecule has 2 aromatic carbocycles.